The Labute approximate surface area is 167 Å². The van der Waals surface area contributed by atoms with Crippen LogP contribution in [-0.4, -0.2) is 27.8 Å². The van der Waals surface area contributed by atoms with Crippen molar-refractivity contribution in [2.45, 2.75) is 94.3 Å². The Bertz CT molecular complexity index is 628. The highest BCUT2D eigenvalue weighted by atomic mass is 35.5. The molecule has 26 heavy (non-hydrogen) atoms. The molecule has 0 aromatic heterocycles. The van der Waals surface area contributed by atoms with Crippen LogP contribution in [0.3, 0.4) is 0 Å². The molecule has 4 saturated carbocycles. The minimum Gasteiger partial charge on any atom is -0.390 e. The van der Waals surface area contributed by atoms with E-state index in [4.69, 9.17) is 27.9 Å². The average molecular weight is 399 g/mol. The molecule has 0 heterocycles. The van der Waals surface area contributed by atoms with Gasteiger partial charge in [0, 0.05) is 0 Å². The van der Waals surface area contributed by atoms with Crippen LogP contribution >= 0.6 is 23.2 Å². The van der Waals surface area contributed by atoms with Crippen molar-refractivity contribution in [3.63, 3.8) is 0 Å². The monoisotopic (exact) mass is 398 g/mol. The fourth-order valence-electron chi connectivity index (χ4n) is 7.34. The van der Waals surface area contributed by atoms with E-state index in [9.17, 15) is 5.11 Å². The van der Waals surface area contributed by atoms with Gasteiger partial charge in [0.2, 0.25) is 0 Å². The predicted octanol–water partition coefficient (Wildman–Crippen LogP) is 5.64. The van der Waals surface area contributed by atoms with Crippen LogP contribution in [0.5, 0.6) is 0 Å². The van der Waals surface area contributed by atoms with E-state index >= 15 is 0 Å². The molecule has 2 nitrogen and oxygen atoms in total. The van der Waals surface area contributed by atoms with E-state index < -0.39 is 10.4 Å². The van der Waals surface area contributed by atoms with E-state index in [2.05, 4.69) is 19.9 Å². The van der Waals surface area contributed by atoms with Crippen LogP contribution < -0.4 is 0 Å². The first kappa shape index (κ1) is 18.3. The summed E-state index contributed by atoms with van der Waals surface area (Å²) in [5.74, 6) is 2.12. The van der Waals surface area contributed by atoms with Gasteiger partial charge in [0.15, 0.2) is 4.33 Å². The first-order valence-electron chi connectivity index (χ1n) is 10.7. The second-order valence-corrected chi connectivity index (χ2v) is 11.7. The second-order valence-electron chi connectivity index (χ2n) is 10.3. The number of hydrogen-bond donors (Lipinski definition) is 1. The zero-order chi connectivity index (χ0) is 18.3. The minimum absolute atomic E-state index is 0.0441. The number of halogens is 2. The summed E-state index contributed by atoms with van der Waals surface area (Å²) in [6.07, 6.45) is 13.1. The van der Waals surface area contributed by atoms with Crippen LogP contribution in [0.25, 0.3) is 0 Å². The minimum atomic E-state index is -1.11. The lowest BCUT2D eigenvalue weighted by Crippen LogP contribution is -2.55. The fourth-order valence-corrected chi connectivity index (χ4v) is 8.14. The van der Waals surface area contributed by atoms with E-state index in [1.54, 1.807) is 0 Å². The SMILES string of the molecule is C[C@]12CC[C@H]3[C@@H](CC=C4C(Cl)(Cl)[C@@H](O)CC[C@@]43C)[C@@H]1CC[C@@H]2OC1CC1. The van der Waals surface area contributed by atoms with Crippen molar-refractivity contribution >= 4 is 23.2 Å². The summed E-state index contributed by atoms with van der Waals surface area (Å²) in [5.41, 5.74) is 1.50. The van der Waals surface area contributed by atoms with Crippen molar-refractivity contribution in [1.29, 1.82) is 0 Å². The maximum absolute atomic E-state index is 10.4. The molecule has 5 rings (SSSR count). The van der Waals surface area contributed by atoms with Gasteiger partial charge in [0.25, 0.3) is 0 Å². The third kappa shape index (κ3) is 2.44. The third-order valence-corrected chi connectivity index (χ3v) is 9.88. The summed E-state index contributed by atoms with van der Waals surface area (Å²) in [6, 6.07) is 0. The summed E-state index contributed by atoms with van der Waals surface area (Å²) in [6.45, 7) is 4.88. The Morgan fingerprint density at radius 3 is 2.50 bits per heavy atom. The molecule has 0 saturated heterocycles. The molecule has 0 spiro atoms. The number of hydrogen-bond acceptors (Lipinski definition) is 2. The first-order chi connectivity index (χ1) is 12.3. The number of alkyl halides is 2. The Morgan fingerprint density at radius 1 is 1.00 bits per heavy atom. The van der Waals surface area contributed by atoms with Crippen molar-refractivity contribution in [2.24, 2.45) is 28.6 Å². The normalized spacial score (nSPS) is 52.7. The standard InChI is InChI=1S/C22H32Cl2O2/c1-20-12-10-18(25)22(23,24)17(20)7-5-14-15-6-8-19(26-13-3-4-13)21(15,2)11-9-16(14)20/h7,13-16,18-19,25H,3-6,8-12H2,1-2H3/t14-,15-,16-,18-,19-,20+,21-/m0/s1. The molecule has 0 bridgehead atoms. The molecule has 4 fully saturated rings. The van der Waals surface area contributed by atoms with Gasteiger partial charge in [-0.15, -0.1) is 0 Å². The van der Waals surface area contributed by atoms with Gasteiger partial charge in [-0.05, 0) is 91.9 Å². The maximum atomic E-state index is 10.4. The summed E-state index contributed by atoms with van der Waals surface area (Å²) < 4.78 is 5.36. The molecule has 0 unspecified atom stereocenters. The Hall–Kier alpha value is 0.240. The summed E-state index contributed by atoms with van der Waals surface area (Å²) in [4.78, 5) is 0. The zero-order valence-electron chi connectivity index (χ0n) is 16.0. The number of allylic oxidation sites excluding steroid dienone is 1. The predicted molar refractivity (Wildman–Crippen MR) is 105 cm³/mol. The van der Waals surface area contributed by atoms with E-state index in [0.29, 0.717) is 30.0 Å². The molecule has 146 valence electrons. The lowest BCUT2D eigenvalue weighted by molar-refractivity contribution is -0.0980. The van der Waals surface area contributed by atoms with Gasteiger partial charge in [0.05, 0.1) is 18.3 Å². The van der Waals surface area contributed by atoms with Gasteiger partial charge in [-0.3, -0.25) is 0 Å². The highest BCUT2D eigenvalue weighted by Crippen LogP contribution is 2.67. The van der Waals surface area contributed by atoms with Crippen molar-refractivity contribution in [3.05, 3.63) is 11.6 Å². The molecule has 4 heteroatoms. The van der Waals surface area contributed by atoms with Gasteiger partial charge in [0.1, 0.15) is 0 Å². The summed E-state index contributed by atoms with van der Waals surface area (Å²) >= 11 is 13.3. The van der Waals surface area contributed by atoms with Crippen LogP contribution in [-0.2, 0) is 4.74 Å². The third-order valence-electron chi connectivity index (χ3n) is 8.97. The van der Waals surface area contributed by atoms with Gasteiger partial charge in [-0.25, -0.2) is 0 Å². The van der Waals surface area contributed by atoms with Crippen LogP contribution in [0.4, 0.5) is 0 Å². The number of aliphatic hydroxyl groups excluding tert-OH is 1. The fraction of sp³-hybridized carbons (Fsp3) is 0.909. The van der Waals surface area contributed by atoms with Crippen molar-refractivity contribution in [2.75, 3.05) is 0 Å². The summed E-state index contributed by atoms with van der Waals surface area (Å²) in [7, 11) is 0. The van der Waals surface area contributed by atoms with Gasteiger partial charge in [-0.2, -0.15) is 0 Å². The van der Waals surface area contributed by atoms with Crippen LogP contribution in [0.15, 0.2) is 11.6 Å². The van der Waals surface area contributed by atoms with Gasteiger partial charge in [-0.1, -0.05) is 43.1 Å². The van der Waals surface area contributed by atoms with E-state index in [1.807, 2.05) is 0 Å². The molecule has 0 aliphatic heterocycles. The topological polar surface area (TPSA) is 29.5 Å². The molecule has 0 amide bonds. The molecular weight excluding hydrogens is 367 g/mol. The number of rotatable bonds is 2. The second kappa shape index (κ2) is 5.88. The van der Waals surface area contributed by atoms with Gasteiger partial charge >= 0.3 is 0 Å². The molecule has 0 aromatic rings. The van der Waals surface area contributed by atoms with Crippen LogP contribution in [0, 0.1) is 28.6 Å². The van der Waals surface area contributed by atoms with Crippen molar-refractivity contribution in [1.82, 2.24) is 0 Å². The summed E-state index contributed by atoms with van der Waals surface area (Å²) in [5, 5.41) is 10.4. The van der Waals surface area contributed by atoms with Crippen molar-refractivity contribution < 1.29 is 9.84 Å². The largest absolute Gasteiger partial charge is 0.390 e. The highest BCUT2D eigenvalue weighted by Gasteiger charge is 2.62. The number of fused-ring (bicyclic) bond motifs is 5. The van der Waals surface area contributed by atoms with E-state index in [1.165, 1.54) is 38.5 Å². The lowest BCUT2D eigenvalue weighted by atomic mass is 9.48. The average Bonchev–Trinajstić information content (AvgIpc) is 3.34. The Balaban J connectivity index is 1.46. The van der Waals surface area contributed by atoms with Crippen LogP contribution in [0.1, 0.15) is 71.6 Å². The molecule has 0 aromatic carbocycles. The number of ether oxygens (including phenoxy) is 1. The molecule has 1 N–H and O–H groups in total. The smallest absolute Gasteiger partial charge is 0.165 e. The Morgan fingerprint density at radius 2 is 1.77 bits per heavy atom. The van der Waals surface area contributed by atoms with Crippen molar-refractivity contribution in [3.8, 4) is 0 Å². The lowest BCUT2D eigenvalue weighted by Gasteiger charge is -2.59. The van der Waals surface area contributed by atoms with E-state index in [-0.39, 0.29) is 5.41 Å². The molecule has 5 aliphatic rings. The molecular formula is C22H32Cl2O2. The molecule has 5 aliphatic carbocycles. The van der Waals surface area contributed by atoms with Crippen LogP contribution in [0.2, 0.25) is 0 Å². The molecule has 0 radical (unpaired) electrons. The zero-order valence-corrected chi connectivity index (χ0v) is 17.5. The first-order valence-corrected chi connectivity index (χ1v) is 11.4. The molecule has 7 atom stereocenters. The van der Waals surface area contributed by atoms with Gasteiger partial charge < -0.3 is 9.84 Å². The Kier molecular flexibility index (Phi) is 4.13. The number of aliphatic hydroxyl groups is 1. The van der Waals surface area contributed by atoms with E-state index in [0.717, 1.165) is 30.3 Å². The highest BCUT2D eigenvalue weighted by molar-refractivity contribution is 6.51. The maximum Gasteiger partial charge on any atom is 0.165 e. The quantitative estimate of drug-likeness (QED) is 0.481.